The van der Waals surface area contributed by atoms with Crippen molar-refractivity contribution in [1.29, 1.82) is 0 Å². The molecule has 3 aliphatic rings. The molecule has 1 N–H and O–H groups in total. The normalized spacial score (nSPS) is 24.0. The molecule has 1 aromatic rings. The van der Waals surface area contributed by atoms with Gasteiger partial charge in [-0.25, -0.2) is 0 Å². The van der Waals surface area contributed by atoms with Crippen LogP contribution in [0.15, 0.2) is 24.3 Å². The second kappa shape index (κ2) is 8.40. The van der Waals surface area contributed by atoms with E-state index in [-0.39, 0.29) is 11.8 Å². The number of carbonyl (C=O) groups is 2. The van der Waals surface area contributed by atoms with Crippen LogP contribution in [0, 0.1) is 0 Å². The van der Waals surface area contributed by atoms with E-state index in [0.717, 1.165) is 63.4 Å². The van der Waals surface area contributed by atoms with Gasteiger partial charge in [0.1, 0.15) is 12.6 Å². The predicted molar refractivity (Wildman–Crippen MR) is 102 cm³/mol. The SMILES string of the molecule is O=C1CCCN1Cc1ccc(C(=O)N2CC[NH+](C[C@H]3CCCO3)CC2)cc1. The summed E-state index contributed by atoms with van der Waals surface area (Å²) < 4.78 is 5.74. The van der Waals surface area contributed by atoms with Crippen LogP contribution in [0.2, 0.25) is 0 Å². The van der Waals surface area contributed by atoms with Crippen LogP contribution in [-0.4, -0.2) is 73.6 Å². The number of benzene rings is 1. The lowest BCUT2D eigenvalue weighted by Gasteiger charge is -2.33. The Balaban J connectivity index is 1.27. The Labute approximate surface area is 161 Å². The average molecular weight is 372 g/mol. The molecule has 3 fully saturated rings. The van der Waals surface area contributed by atoms with Crippen molar-refractivity contribution in [2.24, 2.45) is 0 Å². The van der Waals surface area contributed by atoms with Crippen molar-refractivity contribution in [2.75, 3.05) is 45.9 Å². The largest absolute Gasteiger partial charge is 0.372 e. The maximum absolute atomic E-state index is 12.8. The quantitative estimate of drug-likeness (QED) is 0.810. The number of piperazine rings is 1. The molecule has 0 bridgehead atoms. The van der Waals surface area contributed by atoms with Gasteiger partial charge in [0, 0.05) is 31.7 Å². The third-order valence-corrected chi connectivity index (χ3v) is 6.04. The molecule has 0 saturated carbocycles. The maximum Gasteiger partial charge on any atom is 0.254 e. The second-order valence-electron chi connectivity index (χ2n) is 8.00. The Hall–Kier alpha value is -1.92. The van der Waals surface area contributed by atoms with Gasteiger partial charge in [-0.05, 0) is 37.0 Å². The van der Waals surface area contributed by atoms with Crippen molar-refractivity contribution in [2.45, 2.75) is 38.3 Å². The second-order valence-corrected chi connectivity index (χ2v) is 8.00. The monoisotopic (exact) mass is 372 g/mol. The highest BCUT2D eigenvalue weighted by atomic mass is 16.5. The van der Waals surface area contributed by atoms with Crippen LogP contribution in [0.4, 0.5) is 0 Å². The van der Waals surface area contributed by atoms with Gasteiger partial charge in [0.25, 0.3) is 5.91 Å². The molecule has 2 amide bonds. The summed E-state index contributed by atoms with van der Waals surface area (Å²) >= 11 is 0. The van der Waals surface area contributed by atoms with Crippen molar-refractivity contribution in [1.82, 2.24) is 9.80 Å². The maximum atomic E-state index is 12.8. The number of nitrogens with one attached hydrogen (secondary N) is 1. The summed E-state index contributed by atoms with van der Waals surface area (Å²) in [7, 11) is 0. The topological polar surface area (TPSA) is 54.3 Å². The Bertz CT molecular complexity index is 662. The average Bonchev–Trinajstić information content (AvgIpc) is 3.35. The number of rotatable bonds is 5. The van der Waals surface area contributed by atoms with Crippen LogP contribution in [-0.2, 0) is 16.1 Å². The number of likely N-dealkylation sites (tertiary alicyclic amines) is 1. The number of nitrogens with zero attached hydrogens (tertiary/aromatic N) is 2. The van der Waals surface area contributed by atoms with Gasteiger partial charge in [-0.3, -0.25) is 9.59 Å². The zero-order chi connectivity index (χ0) is 18.6. The van der Waals surface area contributed by atoms with Crippen LogP contribution < -0.4 is 4.90 Å². The van der Waals surface area contributed by atoms with E-state index in [1.54, 1.807) is 4.90 Å². The Kier molecular flexibility index (Phi) is 5.74. The summed E-state index contributed by atoms with van der Waals surface area (Å²) in [4.78, 5) is 30.0. The lowest BCUT2D eigenvalue weighted by atomic mass is 10.1. The minimum atomic E-state index is 0.120. The molecule has 0 unspecified atom stereocenters. The van der Waals surface area contributed by atoms with Gasteiger partial charge in [-0.1, -0.05) is 12.1 Å². The predicted octanol–water partition coefficient (Wildman–Crippen LogP) is 0.329. The van der Waals surface area contributed by atoms with E-state index in [1.807, 2.05) is 34.1 Å². The van der Waals surface area contributed by atoms with Crippen LogP contribution in [0.25, 0.3) is 0 Å². The minimum Gasteiger partial charge on any atom is -0.372 e. The molecule has 27 heavy (non-hydrogen) atoms. The molecule has 1 aromatic carbocycles. The molecule has 3 saturated heterocycles. The number of ether oxygens (including phenoxy) is 1. The summed E-state index contributed by atoms with van der Waals surface area (Å²) in [6.45, 7) is 7.10. The Morgan fingerprint density at radius 3 is 2.52 bits per heavy atom. The van der Waals surface area contributed by atoms with Crippen LogP contribution in [0.3, 0.4) is 0 Å². The lowest BCUT2D eigenvalue weighted by molar-refractivity contribution is -0.906. The van der Waals surface area contributed by atoms with Crippen molar-refractivity contribution in [3.8, 4) is 0 Å². The summed E-state index contributed by atoms with van der Waals surface area (Å²) in [6.07, 6.45) is 4.40. The fourth-order valence-electron chi connectivity index (χ4n) is 4.38. The van der Waals surface area contributed by atoms with E-state index < -0.39 is 0 Å². The summed E-state index contributed by atoms with van der Waals surface area (Å²) in [5.41, 5.74) is 1.83. The van der Waals surface area contributed by atoms with Gasteiger partial charge < -0.3 is 19.4 Å². The highest BCUT2D eigenvalue weighted by molar-refractivity contribution is 5.94. The van der Waals surface area contributed by atoms with Crippen molar-refractivity contribution < 1.29 is 19.2 Å². The third kappa shape index (κ3) is 4.50. The molecule has 6 heteroatoms. The van der Waals surface area contributed by atoms with Crippen LogP contribution >= 0.6 is 0 Å². The molecule has 1 atom stereocenters. The molecular weight excluding hydrogens is 342 g/mol. The van der Waals surface area contributed by atoms with Gasteiger partial charge in [0.05, 0.1) is 26.2 Å². The first-order valence-electron chi connectivity index (χ1n) is 10.3. The van der Waals surface area contributed by atoms with Crippen molar-refractivity contribution in [3.05, 3.63) is 35.4 Å². The number of hydrogen-bond donors (Lipinski definition) is 1. The molecule has 146 valence electrons. The summed E-state index contributed by atoms with van der Waals surface area (Å²) in [5.74, 6) is 0.355. The smallest absolute Gasteiger partial charge is 0.254 e. The summed E-state index contributed by atoms with van der Waals surface area (Å²) in [6, 6.07) is 7.78. The Morgan fingerprint density at radius 2 is 1.89 bits per heavy atom. The first-order valence-corrected chi connectivity index (χ1v) is 10.3. The fourth-order valence-corrected chi connectivity index (χ4v) is 4.38. The van der Waals surface area contributed by atoms with E-state index in [0.29, 0.717) is 19.1 Å². The molecule has 0 aromatic heterocycles. The molecular formula is C21H30N3O3+. The van der Waals surface area contributed by atoms with Crippen LogP contribution in [0.1, 0.15) is 41.6 Å². The van der Waals surface area contributed by atoms with Crippen molar-refractivity contribution in [3.63, 3.8) is 0 Å². The van der Waals surface area contributed by atoms with E-state index in [2.05, 4.69) is 0 Å². The molecule has 4 rings (SSSR count). The molecule has 0 radical (unpaired) electrons. The number of hydrogen-bond acceptors (Lipinski definition) is 3. The standard InChI is InChI=1S/C21H29N3O3/c25-20-4-1-9-24(20)15-17-5-7-18(8-6-17)21(26)23-12-10-22(11-13-23)16-19-3-2-14-27-19/h5-8,19H,1-4,9-16H2/p+1/t19-/m1/s1. The highest BCUT2D eigenvalue weighted by Gasteiger charge is 2.28. The van der Waals surface area contributed by atoms with Gasteiger partial charge in [-0.2, -0.15) is 0 Å². The molecule has 3 aliphatic heterocycles. The molecule has 3 heterocycles. The fraction of sp³-hybridized carbons (Fsp3) is 0.619. The zero-order valence-corrected chi connectivity index (χ0v) is 16.0. The van der Waals surface area contributed by atoms with Gasteiger partial charge in [0.2, 0.25) is 5.91 Å². The highest BCUT2D eigenvalue weighted by Crippen LogP contribution is 2.15. The molecule has 0 aliphatic carbocycles. The molecule has 0 spiro atoms. The third-order valence-electron chi connectivity index (χ3n) is 6.04. The van der Waals surface area contributed by atoms with Crippen LogP contribution in [0.5, 0.6) is 0 Å². The number of quaternary nitrogens is 1. The minimum absolute atomic E-state index is 0.120. The van der Waals surface area contributed by atoms with E-state index in [9.17, 15) is 9.59 Å². The number of amides is 2. The first-order chi connectivity index (χ1) is 13.2. The van der Waals surface area contributed by atoms with Gasteiger partial charge in [0.15, 0.2) is 0 Å². The first kappa shape index (κ1) is 18.4. The van der Waals surface area contributed by atoms with Gasteiger partial charge in [-0.15, -0.1) is 0 Å². The Morgan fingerprint density at radius 1 is 1.11 bits per heavy atom. The van der Waals surface area contributed by atoms with Crippen molar-refractivity contribution >= 4 is 11.8 Å². The number of carbonyl (C=O) groups excluding carboxylic acids is 2. The van der Waals surface area contributed by atoms with E-state index in [1.165, 1.54) is 12.8 Å². The summed E-state index contributed by atoms with van der Waals surface area (Å²) in [5, 5.41) is 0. The van der Waals surface area contributed by atoms with E-state index in [4.69, 9.17) is 4.74 Å². The lowest BCUT2D eigenvalue weighted by Crippen LogP contribution is -3.15. The van der Waals surface area contributed by atoms with E-state index >= 15 is 0 Å². The molecule has 6 nitrogen and oxygen atoms in total. The van der Waals surface area contributed by atoms with Gasteiger partial charge >= 0.3 is 0 Å². The zero-order valence-electron chi connectivity index (χ0n) is 16.0.